The molecule has 0 saturated heterocycles. The van der Waals surface area contributed by atoms with Crippen molar-refractivity contribution in [1.82, 2.24) is 5.32 Å². The third-order valence-corrected chi connectivity index (χ3v) is 3.51. The van der Waals surface area contributed by atoms with E-state index in [-0.39, 0.29) is 0 Å². The molecule has 0 aliphatic rings. The summed E-state index contributed by atoms with van der Waals surface area (Å²) in [5.74, 6) is 1.95. The minimum absolute atomic E-state index is 0.674. The summed E-state index contributed by atoms with van der Waals surface area (Å²) in [6.45, 7) is 4.34. The van der Waals surface area contributed by atoms with Crippen LogP contribution in [0, 0.1) is 0 Å². The van der Waals surface area contributed by atoms with E-state index in [0.717, 1.165) is 13.1 Å². The van der Waals surface area contributed by atoms with E-state index in [0.29, 0.717) is 5.92 Å². The van der Waals surface area contributed by atoms with E-state index in [9.17, 15) is 0 Å². The van der Waals surface area contributed by atoms with E-state index in [1.807, 2.05) is 11.8 Å². The van der Waals surface area contributed by atoms with Crippen LogP contribution in [0.2, 0.25) is 0 Å². The minimum atomic E-state index is 0.674. The first-order chi connectivity index (χ1) is 7.88. The number of rotatable bonds is 8. The lowest BCUT2D eigenvalue weighted by Gasteiger charge is -2.17. The van der Waals surface area contributed by atoms with Gasteiger partial charge >= 0.3 is 0 Å². The van der Waals surface area contributed by atoms with E-state index in [1.165, 1.54) is 24.2 Å². The second-order valence-electron chi connectivity index (χ2n) is 4.05. The van der Waals surface area contributed by atoms with Gasteiger partial charge in [0.25, 0.3) is 0 Å². The lowest BCUT2D eigenvalue weighted by atomic mass is 9.94. The average Bonchev–Trinajstić information content (AvgIpc) is 2.35. The van der Waals surface area contributed by atoms with Crippen molar-refractivity contribution in [2.45, 2.75) is 25.7 Å². The third-order valence-electron chi connectivity index (χ3n) is 2.81. The topological polar surface area (TPSA) is 12.0 Å². The zero-order valence-corrected chi connectivity index (χ0v) is 11.2. The smallest absolute Gasteiger partial charge is 0.00200 e. The summed E-state index contributed by atoms with van der Waals surface area (Å²) in [7, 11) is 0. The largest absolute Gasteiger partial charge is 0.316 e. The molecule has 0 aliphatic heterocycles. The molecular weight excluding hydrogens is 214 g/mol. The molecular formula is C14H23NS. The van der Waals surface area contributed by atoms with Gasteiger partial charge in [-0.25, -0.2) is 0 Å². The molecule has 1 aromatic rings. The van der Waals surface area contributed by atoms with Crippen molar-refractivity contribution in [1.29, 1.82) is 0 Å². The first-order valence-corrected chi connectivity index (χ1v) is 7.52. The minimum Gasteiger partial charge on any atom is -0.316 e. The Balaban J connectivity index is 2.49. The number of benzene rings is 1. The van der Waals surface area contributed by atoms with Crippen molar-refractivity contribution in [2.24, 2.45) is 0 Å². The highest BCUT2D eigenvalue weighted by Gasteiger charge is 2.09. The molecule has 2 heteroatoms. The molecule has 0 amide bonds. The van der Waals surface area contributed by atoms with Gasteiger partial charge < -0.3 is 5.32 Å². The summed E-state index contributed by atoms with van der Waals surface area (Å²) in [6, 6.07) is 10.9. The van der Waals surface area contributed by atoms with E-state index < -0.39 is 0 Å². The normalized spacial score (nSPS) is 12.6. The SMILES string of the molecule is CCNCC(CCCSC)c1ccccc1. The summed E-state index contributed by atoms with van der Waals surface area (Å²) in [4.78, 5) is 0. The molecule has 1 rings (SSSR count). The van der Waals surface area contributed by atoms with Crippen molar-refractivity contribution >= 4 is 11.8 Å². The maximum atomic E-state index is 3.47. The molecule has 0 aliphatic carbocycles. The summed E-state index contributed by atoms with van der Waals surface area (Å²) in [5.41, 5.74) is 1.48. The fourth-order valence-electron chi connectivity index (χ4n) is 1.90. The van der Waals surface area contributed by atoms with Crippen LogP contribution in [0.15, 0.2) is 30.3 Å². The van der Waals surface area contributed by atoms with E-state index in [4.69, 9.17) is 0 Å². The average molecular weight is 237 g/mol. The summed E-state index contributed by atoms with van der Waals surface area (Å²) in [6.07, 6.45) is 4.78. The zero-order chi connectivity index (χ0) is 11.6. The standard InChI is InChI=1S/C14H23NS/c1-3-15-12-14(10-7-11-16-2)13-8-5-4-6-9-13/h4-6,8-9,14-15H,3,7,10-12H2,1-2H3. The molecule has 1 unspecified atom stereocenters. The Kier molecular flexibility index (Phi) is 7.35. The van der Waals surface area contributed by atoms with E-state index in [2.05, 4.69) is 48.8 Å². The number of hydrogen-bond acceptors (Lipinski definition) is 2. The van der Waals surface area contributed by atoms with Crippen molar-refractivity contribution in [2.75, 3.05) is 25.1 Å². The highest BCUT2D eigenvalue weighted by atomic mass is 32.2. The fraction of sp³-hybridized carbons (Fsp3) is 0.571. The summed E-state index contributed by atoms with van der Waals surface area (Å²) < 4.78 is 0. The third kappa shape index (κ3) is 5.04. The maximum absolute atomic E-state index is 3.47. The molecule has 0 spiro atoms. The molecule has 1 atom stereocenters. The Bertz CT molecular complexity index is 261. The highest BCUT2D eigenvalue weighted by molar-refractivity contribution is 7.98. The van der Waals surface area contributed by atoms with Gasteiger partial charge in [-0.2, -0.15) is 11.8 Å². The lowest BCUT2D eigenvalue weighted by molar-refractivity contribution is 0.557. The van der Waals surface area contributed by atoms with Crippen molar-refractivity contribution in [3.05, 3.63) is 35.9 Å². The van der Waals surface area contributed by atoms with Crippen molar-refractivity contribution in [3.8, 4) is 0 Å². The second kappa shape index (κ2) is 8.66. The molecule has 1 N–H and O–H groups in total. The van der Waals surface area contributed by atoms with Crippen LogP contribution in [0.25, 0.3) is 0 Å². The molecule has 16 heavy (non-hydrogen) atoms. The molecule has 0 fully saturated rings. The Morgan fingerprint density at radius 3 is 2.62 bits per heavy atom. The van der Waals surface area contributed by atoms with Crippen LogP contribution >= 0.6 is 11.8 Å². The van der Waals surface area contributed by atoms with Crippen LogP contribution < -0.4 is 5.32 Å². The zero-order valence-electron chi connectivity index (χ0n) is 10.4. The second-order valence-corrected chi connectivity index (χ2v) is 5.04. The number of nitrogens with one attached hydrogen (secondary N) is 1. The number of likely N-dealkylation sites (N-methyl/N-ethyl adjacent to an activating group) is 1. The number of hydrogen-bond donors (Lipinski definition) is 1. The molecule has 1 aromatic carbocycles. The molecule has 90 valence electrons. The van der Waals surface area contributed by atoms with Crippen LogP contribution in [-0.2, 0) is 0 Å². The van der Waals surface area contributed by atoms with Gasteiger partial charge in [-0.05, 0) is 42.9 Å². The molecule has 0 aromatic heterocycles. The van der Waals surface area contributed by atoms with Gasteiger partial charge in [0.15, 0.2) is 0 Å². The van der Waals surface area contributed by atoms with Gasteiger partial charge in [-0.15, -0.1) is 0 Å². The van der Waals surface area contributed by atoms with Gasteiger partial charge in [-0.3, -0.25) is 0 Å². The van der Waals surface area contributed by atoms with E-state index >= 15 is 0 Å². The van der Waals surface area contributed by atoms with Crippen LogP contribution in [-0.4, -0.2) is 25.1 Å². The molecule has 0 saturated carbocycles. The van der Waals surface area contributed by atoms with Crippen LogP contribution in [0.5, 0.6) is 0 Å². The van der Waals surface area contributed by atoms with Gasteiger partial charge in [0.1, 0.15) is 0 Å². The summed E-state index contributed by atoms with van der Waals surface area (Å²) in [5, 5.41) is 3.47. The molecule has 0 radical (unpaired) electrons. The Hall–Kier alpha value is -0.470. The van der Waals surface area contributed by atoms with Crippen molar-refractivity contribution < 1.29 is 0 Å². The summed E-state index contributed by atoms with van der Waals surface area (Å²) >= 11 is 1.94. The highest BCUT2D eigenvalue weighted by Crippen LogP contribution is 2.21. The van der Waals surface area contributed by atoms with E-state index in [1.54, 1.807) is 0 Å². The molecule has 0 heterocycles. The predicted molar refractivity (Wildman–Crippen MR) is 75.3 cm³/mol. The number of thioether (sulfide) groups is 1. The van der Waals surface area contributed by atoms with Gasteiger partial charge in [-0.1, -0.05) is 37.3 Å². The van der Waals surface area contributed by atoms with Gasteiger partial charge in [0, 0.05) is 6.54 Å². The first kappa shape index (κ1) is 13.6. The Labute approximate surface area is 104 Å². The quantitative estimate of drug-likeness (QED) is 0.694. The maximum Gasteiger partial charge on any atom is 0.00200 e. The van der Waals surface area contributed by atoms with Crippen LogP contribution in [0.4, 0.5) is 0 Å². The van der Waals surface area contributed by atoms with Gasteiger partial charge in [0.2, 0.25) is 0 Å². The fourth-order valence-corrected chi connectivity index (χ4v) is 2.36. The Morgan fingerprint density at radius 1 is 1.25 bits per heavy atom. The van der Waals surface area contributed by atoms with Crippen LogP contribution in [0.3, 0.4) is 0 Å². The van der Waals surface area contributed by atoms with Gasteiger partial charge in [0.05, 0.1) is 0 Å². The van der Waals surface area contributed by atoms with Crippen molar-refractivity contribution in [3.63, 3.8) is 0 Å². The predicted octanol–water partition coefficient (Wildman–Crippen LogP) is 3.52. The lowest BCUT2D eigenvalue weighted by Crippen LogP contribution is -2.21. The molecule has 0 bridgehead atoms. The Morgan fingerprint density at radius 2 is 2.00 bits per heavy atom. The monoisotopic (exact) mass is 237 g/mol. The molecule has 1 nitrogen and oxygen atoms in total. The van der Waals surface area contributed by atoms with Crippen LogP contribution in [0.1, 0.15) is 31.2 Å². The first-order valence-electron chi connectivity index (χ1n) is 6.13.